The normalized spacial score (nSPS) is 10.3. The molecule has 2 rings (SSSR count). The van der Waals surface area contributed by atoms with Gasteiger partial charge in [-0.15, -0.1) is 0 Å². The van der Waals surface area contributed by atoms with Crippen molar-refractivity contribution < 1.29 is 9.47 Å². The third-order valence-electron chi connectivity index (χ3n) is 3.64. The van der Waals surface area contributed by atoms with E-state index in [1.54, 1.807) is 20.4 Å². The fourth-order valence-electron chi connectivity index (χ4n) is 2.30. The van der Waals surface area contributed by atoms with Gasteiger partial charge in [-0.3, -0.25) is 0 Å². The Morgan fingerprint density at radius 3 is 2.58 bits per heavy atom. The molecule has 0 amide bonds. The molecule has 0 radical (unpaired) electrons. The fraction of sp³-hybridized carbons (Fsp3) is 0.444. The molecule has 0 fully saturated rings. The maximum atomic E-state index is 5.32. The second kappa shape index (κ2) is 9.60. The number of unbranched alkanes of at least 4 members (excludes halogenated alkanes) is 2. The third kappa shape index (κ3) is 5.30. The molecular weight excluding hydrogens is 304 g/mol. The van der Waals surface area contributed by atoms with Crippen molar-refractivity contribution in [3.8, 4) is 11.5 Å². The van der Waals surface area contributed by atoms with Gasteiger partial charge in [0.15, 0.2) is 11.5 Å². The Morgan fingerprint density at radius 2 is 1.83 bits per heavy atom. The van der Waals surface area contributed by atoms with E-state index in [1.165, 1.54) is 12.8 Å². The van der Waals surface area contributed by atoms with E-state index in [0.29, 0.717) is 12.5 Å². The molecule has 6 heteroatoms. The van der Waals surface area contributed by atoms with Crippen LogP contribution in [0.1, 0.15) is 31.7 Å². The van der Waals surface area contributed by atoms with Gasteiger partial charge in [0.25, 0.3) is 0 Å². The molecule has 0 atom stereocenters. The minimum absolute atomic E-state index is 0.645. The average molecular weight is 330 g/mol. The average Bonchev–Trinajstić information content (AvgIpc) is 2.63. The van der Waals surface area contributed by atoms with E-state index in [1.807, 2.05) is 24.3 Å². The third-order valence-corrected chi connectivity index (χ3v) is 3.64. The highest BCUT2D eigenvalue weighted by Crippen LogP contribution is 2.27. The van der Waals surface area contributed by atoms with E-state index in [0.717, 1.165) is 35.8 Å². The minimum Gasteiger partial charge on any atom is -0.493 e. The smallest absolute Gasteiger partial charge is 0.224 e. The van der Waals surface area contributed by atoms with Crippen molar-refractivity contribution in [2.45, 2.75) is 32.7 Å². The van der Waals surface area contributed by atoms with Crippen LogP contribution in [0.5, 0.6) is 11.5 Å². The Hall–Kier alpha value is -2.50. The molecule has 2 N–H and O–H groups in total. The number of ether oxygens (including phenoxy) is 2. The lowest BCUT2D eigenvalue weighted by Gasteiger charge is -2.11. The molecule has 0 aliphatic carbocycles. The number of hydrogen-bond acceptors (Lipinski definition) is 6. The lowest BCUT2D eigenvalue weighted by atomic mass is 10.2. The van der Waals surface area contributed by atoms with Crippen molar-refractivity contribution in [1.29, 1.82) is 0 Å². The van der Waals surface area contributed by atoms with Gasteiger partial charge in [-0.25, -0.2) is 4.98 Å². The van der Waals surface area contributed by atoms with Crippen molar-refractivity contribution in [3.63, 3.8) is 0 Å². The number of aromatic nitrogens is 2. The van der Waals surface area contributed by atoms with Crippen LogP contribution >= 0.6 is 0 Å². The first-order valence-electron chi connectivity index (χ1n) is 8.28. The highest BCUT2D eigenvalue weighted by molar-refractivity contribution is 5.45. The summed E-state index contributed by atoms with van der Waals surface area (Å²) in [7, 11) is 3.27. The Labute approximate surface area is 143 Å². The molecule has 0 spiro atoms. The maximum absolute atomic E-state index is 5.32. The predicted molar refractivity (Wildman–Crippen MR) is 96.9 cm³/mol. The number of anilines is 2. The molecule has 0 aliphatic heterocycles. The Morgan fingerprint density at radius 1 is 1.00 bits per heavy atom. The van der Waals surface area contributed by atoms with E-state index < -0.39 is 0 Å². The van der Waals surface area contributed by atoms with Crippen LogP contribution in [0.4, 0.5) is 11.8 Å². The SMILES string of the molecule is CCCCCNc1nccc(NCc2ccc(OC)c(OC)c2)n1. The van der Waals surface area contributed by atoms with Crippen molar-refractivity contribution >= 4 is 11.8 Å². The second-order valence-corrected chi connectivity index (χ2v) is 5.44. The van der Waals surface area contributed by atoms with Gasteiger partial charge in [0.2, 0.25) is 5.95 Å². The minimum atomic E-state index is 0.645. The van der Waals surface area contributed by atoms with E-state index in [-0.39, 0.29) is 0 Å². The number of nitrogens with one attached hydrogen (secondary N) is 2. The van der Waals surface area contributed by atoms with E-state index in [9.17, 15) is 0 Å². The predicted octanol–water partition coefficient (Wildman–Crippen LogP) is 3.71. The molecule has 6 nitrogen and oxygen atoms in total. The van der Waals surface area contributed by atoms with Crippen molar-refractivity contribution in [3.05, 3.63) is 36.0 Å². The van der Waals surface area contributed by atoms with E-state index >= 15 is 0 Å². The van der Waals surface area contributed by atoms with Gasteiger partial charge >= 0.3 is 0 Å². The topological polar surface area (TPSA) is 68.3 Å². The summed E-state index contributed by atoms with van der Waals surface area (Å²) >= 11 is 0. The Bertz CT molecular complexity index is 634. The lowest BCUT2D eigenvalue weighted by molar-refractivity contribution is 0.354. The molecule has 0 unspecified atom stereocenters. The molecule has 0 saturated heterocycles. The summed E-state index contributed by atoms with van der Waals surface area (Å²) < 4.78 is 10.6. The van der Waals surface area contributed by atoms with E-state index in [2.05, 4.69) is 27.5 Å². The van der Waals surface area contributed by atoms with Crippen molar-refractivity contribution in [1.82, 2.24) is 9.97 Å². The van der Waals surface area contributed by atoms with Crippen LogP contribution in [-0.2, 0) is 6.54 Å². The number of rotatable bonds is 10. The van der Waals surface area contributed by atoms with Crippen LogP contribution in [0.25, 0.3) is 0 Å². The first-order valence-corrected chi connectivity index (χ1v) is 8.28. The van der Waals surface area contributed by atoms with E-state index in [4.69, 9.17) is 9.47 Å². The molecule has 0 aliphatic rings. The van der Waals surface area contributed by atoms with Crippen LogP contribution in [0.2, 0.25) is 0 Å². The summed E-state index contributed by atoms with van der Waals surface area (Å²) in [6.45, 7) is 3.73. The van der Waals surface area contributed by atoms with Crippen LogP contribution in [0.15, 0.2) is 30.5 Å². The summed E-state index contributed by atoms with van der Waals surface area (Å²) in [5.74, 6) is 2.89. The first kappa shape index (κ1) is 17.8. The monoisotopic (exact) mass is 330 g/mol. The lowest BCUT2D eigenvalue weighted by Crippen LogP contribution is -2.08. The van der Waals surface area contributed by atoms with Crippen LogP contribution in [0, 0.1) is 0 Å². The van der Waals surface area contributed by atoms with Crippen LogP contribution < -0.4 is 20.1 Å². The molecule has 0 saturated carbocycles. The van der Waals surface area contributed by atoms with Gasteiger partial charge in [-0.1, -0.05) is 25.8 Å². The summed E-state index contributed by atoms with van der Waals surface area (Å²) in [5, 5.41) is 6.56. The summed E-state index contributed by atoms with van der Waals surface area (Å²) in [6, 6.07) is 7.71. The number of benzene rings is 1. The maximum Gasteiger partial charge on any atom is 0.224 e. The zero-order valence-corrected chi connectivity index (χ0v) is 14.6. The van der Waals surface area contributed by atoms with Gasteiger partial charge < -0.3 is 20.1 Å². The molecule has 1 aromatic carbocycles. The standard InChI is InChI=1S/C18H26N4O2/c1-4-5-6-10-19-18-20-11-9-17(22-18)21-13-14-7-8-15(23-2)16(12-14)24-3/h7-9,11-12H,4-6,10,13H2,1-3H3,(H2,19,20,21,22). The molecule has 130 valence electrons. The molecule has 1 aromatic heterocycles. The molecule has 2 aromatic rings. The molecule has 1 heterocycles. The van der Waals surface area contributed by atoms with Gasteiger partial charge in [0, 0.05) is 19.3 Å². The largest absolute Gasteiger partial charge is 0.493 e. The first-order chi connectivity index (χ1) is 11.8. The second-order valence-electron chi connectivity index (χ2n) is 5.44. The zero-order valence-electron chi connectivity index (χ0n) is 14.6. The summed E-state index contributed by atoms with van der Waals surface area (Å²) in [5.41, 5.74) is 1.09. The Kier molecular flexibility index (Phi) is 7.14. The molecule has 24 heavy (non-hydrogen) atoms. The fourth-order valence-corrected chi connectivity index (χ4v) is 2.30. The van der Waals surface area contributed by atoms with Crippen LogP contribution in [0.3, 0.4) is 0 Å². The number of methoxy groups -OCH3 is 2. The quantitative estimate of drug-likeness (QED) is 0.647. The van der Waals surface area contributed by atoms with Crippen LogP contribution in [-0.4, -0.2) is 30.7 Å². The van der Waals surface area contributed by atoms with Gasteiger partial charge in [0.1, 0.15) is 5.82 Å². The van der Waals surface area contributed by atoms with Gasteiger partial charge in [0.05, 0.1) is 14.2 Å². The summed E-state index contributed by atoms with van der Waals surface area (Å²) in [4.78, 5) is 8.72. The van der Waals surface area contributed by atoms with Crippen molar-refractivity contribution in [2.24, 2.45) is 0 Å². The van der Waals surface area contributed by atoms with Gasteiger partial charge in [-0.05, 0) is 30.2 Å². The highest BCUT2D eigenvalue weighted by Gasteiger charge is 2.05. The van der Waals surface area contributed by atoms with Gasteiger partial charge in [-0.2, -0.15) is 4.98 Å². The van der Waals surface area contributed by atoms with Crippen molar-refractivity contribution in [2.75, 3.05) is 31.4 Å². The molecule has 0 bridgehead atoms. The Balaban J connectivity index is 1.92. The number of hydrogen-bond donors (Lipinski definition) is 2. The highest BCUT2D eigenvalue weighted by atomic mass is 16.5. The zero-order chi connectivity index (χ0) is 17.2. The summed E-state index contributed by atoms with van der Waals surface area (Å²) in [6.07, 6.45) is 5.30. The molecular formula is C18H26N4O2. The number of nitrogens with zero attached hydrogens (tertiary/aromatic N) is 2.